The van der Waals surface area contributed by atoms with E-state index in [1.807, 2.05) is 24.3 Å². The summed E-state index contributed by atoms with van der Waals surface area (Å²) in [5.41, 5.74) is 1.23. The number of ether oxygens (including phenoxy) is 2. The Morgan fingerprint density at radius 2 is 1.91 bits per heavy atom. The fraction of sp³-hybridized carbons (Fsp3) is 0.176. The second-order valence-corrected chi connectivity index (χ2v) is 5.59. The highest BCUT2D eigenvalue weighted by molar-refractivity contribution is 9.10. The summed E-state index contributed by atoms with van der Waals surface area (Å²) in [6.45, 7) is -0.0479. The fourth-order valence-corrected chi connectivity index (χ4v) is 2.37. The summed E-state index contributed by atoms with van der Waals surface area (Å²) >= 11 is 3.35. The molecule has 0 aliphatic rings. The number of rotatable bonds is 6. The number of nitrogens with one attached hydrogen (secondary N) is 1. The van der Waals surface area contributed by atoms with E-state index in [-0.39, 0.29) is 19.1 Å². The van der Waals surface area contributed by atoms with Crippen molar-refractivity contribution in [1.82, 2.24) is 5.32 Å². The van der Waals surface area contributed by atoms with E-state index in [1.165, 1.54) is 7.11 Å². The normalized spacial score (nSPS) is 10.0. The standard InChI is InChI=1S/C17H16BrNO4/c1-22-15-8-3-2-7-14(15)17(21)19-10-16(20)23-11-12-5-4-6-13(18)9-12/h2-9H,10-11H2,1H3,(H,19,21). The van der Waals surface area contributed by atoms with Crippen LogP contribution >= 0.6 is 15.9 Å². The molecule has 0 radical (unpaired) electrons. The van der Waals surface area contributed by atoms with Crippen LogP contribution in [0.25, 0.3) is 0 Å². The number of methoxy groups -OCH3 is 1. The van der Waals surface area contributed by atoms with E-state index in [0.29, 0.717) is 11.3 Å². The molecule has 1 amide bonds. The summed E-state index contributed by atoms with van der Waals surface area (Å²) in [5.74, 6) is -0.442. The quantitative estimate of drug-likeness (QED) is 0.786. The lowest BCUT2D eigenvalue weighted by Gasteiger charge is -2.09. The average molecular weight is 378 g/mol. The summed E-state index contributed by atoms with van der Waals surface area (Å²) in [5, 5.41) is 2.52. The molecule has 0 fully saturated rings. The van der Waals surface area contributed by atoms with E-state index in [2.05, 4.69) is 21.2 Å². The van der Waals surface area contributed by atoms with Gasteiger partial charge in [-0.05, 0) is 29.8 Å². The monoisotopic (exact) mass is 377 g/mol. The van der Waals surface area contributed by atoms with Crippen molar-refractivity contribution in [3.05, 3.63) is 64.1 Å². The summed E-state index contributed by atoms with van der Waals surface area (Å²) in [6, 6.07) is 14.3. The van der Waals surface area contributed by atoms with Gasteiger partial charge in [0.25, 0.3) is 5.91 Å². The third-order valence-corrected chi connectivity index (χ3v) is 3.53. The van der Waals surface area contributed by atoms with Crippen molar-refractivity contribution < 1.29 is 19.1 Å². The highest BCUT2D eigenvalue weighted by Gasteiger charge is 2.13. The van der Waals surface area contributed by atoms with E-state index in [0.717, 1.165) is 10.0 Å². The van der Waals surface area contributed by atoms with Gasteiger partial charge in [-0.1, -0.05) is 40.2 Å². The van der Waals surface area contributed by atoms with Crippen LogP contribution in [0, 0.1) is 0 Å². The van der Waals surface area contributed by atoms with Crippen LogP contribution in [0.2, 0.25) is 0 Å². The Balaban J connectivity index is 1.83. The Labute approximate surface area is 142 Å². The first-order valence-corrected chi connectivity index (χ1v) is 7.70. The second kappa shape index (κ2) is 8.33. The highest BCUT2D eigenvalue weighted by atomic mass is 79.9. The molecular formula is C17H16BrNO4. The lowest BCUT2D eigenvalue weighted by Crippen LogP contribution is -2.30. The maximum Gasteiger partial charge on any atom is 0.325 e. The zero-order chi connectivity index (χ0) is 16.7. The minimum atomic E-state index is -0.506. The molecule has 23 heavy (non-hydrogen) atoms. The van der Waals surface area contributed by atoms with Crippen LogP contribution in [0.1, 0.15) is 15.9 Å². The topological polar surface area (TPSA) is 64.6 Å². The van der Waals surface area contributed by atoms with Crippen LogP contribution in [0.3, 0.4) is 0 Å². The third kappa shape index (κ3) is 5.10. The minimum absolute atomic E-state index is 0.156. The molecule has 2 aromatic rings. The number of esters is 1. The van der Waals surface area contributed by atoms with E-state index < -0.39 is 5.97 Å². The smallest absolute Gasteiger partial charge is 0.325 e. The molecule has 0 aromatic heterocycles. The SMILES string of the molecule is COc1ccccc1C(=O)NCC(=O)OCc1cccc(Br)c1. The van der Waals surface area contributed by atoms with Gasteiger partial charge in [0, 0.05) is 4.47 Å². The number of carbonyl (C=O) groups excluding carboxylic acids is 2. The van der Waals surface area contributed by atoms with Gasteiger partial charge in [0.1, 0.15) is 18.9 Å². The lowest BCUT2D eigenvalue weighted by molar-refractivity contribution is -0.143. The van der Waals surface area contributed by atoms with Crippen molar-refractivity contribution in [3.8, 4) is 5.75 Å². The largest absolute Gasteiger partial charge is 0.496 e. The van der Waals surface area contributed by atoms with Crippen molar-refractivity contribution in [2.24, 2.45) is 0 Å². The Morgan fingerprint density at radius 1 is 1.13 bits per heavy atom. The number of halogens is 1. The molecule has 2 aromatic carbocycles. The molecule has 5 nitrogen and oxygen atoms in total. The van der Waals surface area contributed by atoms with Gasteiger partial charge in [0.05, 0.1) is 12.7 Å². The Kier molecular flexibility index (Phi) is 6.17. The van der Waals surface area contributed by atoms with Gasteiger partial charge in [-0.15, -0.1) is 0 Å². The molecular weight excluding hydrogens is 362 g/mol. The third-order valence-electron chi connectivity index (χ3n) is 3.03. The first-order chi connectivity index (χ1) is 11.1. The average Bonchev–Trinajstić information content (AvgIpc) is 2.57. The van der Waals surface area contributed by atoms with Gasteiger partial charge < -0.3 is 14.8 Å². The second-order valence-electron chi connectivity index (χ2n) is 4.67. The van der Waals surface area contributed by atoms with E-state index in [1.54, 1.807) is 24.3 Å². The number of para-hydroxylation sites is 1. The van der Waals surface area contributed by atoms with Crippen LogP contribution in [0.5, 0.6) is 5.75 Å². The zero-order valence-corrected chi connectivity index (χ0v) is 14.1. The first-order valence-electron chi connectivity index (χ1n) is 6.91. The molecule has 0 bridgehead atoms. The van der Waals surface area contributed by atoms with Crippen LogP contribution in [-0.4, -0.2) is 25.5 Å². The van der Waals surface area contributed by atoms with Gasteiger partial charge in [0.15, 0.2) is 0 Å². The summed E-state index contributed by atoms with van der Waals surface area (Å²) in [7, 11) is 1.48. The summed E-state index contributed by atoms with van der Waals surface area (Å²) in [6.07, 6.45) is 0. The molecule has 6 heteroatoms. The molecule has 0 atom stereocenters. The fourth-order valence-electron chi connectivity index (χ4n) is 1.92. The van der Waals surface area contributed by atoms with Crippen molar-refractivity contribution in [2.75, 3.05) is 13.7 Å². The number of benzene rings is 2. The first kappa shape index (κ1) is 17.0. The predicted octanol–water partition coefficient (Wildman–Crippen LogP) is 2.93. The predicted molar refractivity (Wildman–Crippen MR) is 89.3 cm³/mol. The van der Waals surface area contributed by atoms with Gasteiger partial charge in [0.2, 0.25) is 0 Å². The summed E-state index contributed by atoms with van der Waals surface area (Å²) in [4.78, 5) is 23.8. The minimum Gasteiger partial charge on any atom is -0.496 e. The van der Waals surface area contributed by atoms with Gasteiger partial charge >= 0.3 is 5.97 Å². The van der Waals surface area contributed by atoms with Crippen LogP contribution in [0.4, 0.5) is 0 Å². The van der Waals surface area contributed by atoms with Crippen molar-refractivity contribution in [2.45, 2.75) is 6.61 Å². The maximum atomic E-state index is 12.0. The molecule has 0 aliphatic carbocycles. The van der Waals surface area contributed by atoms with Crippen molar-refractivity contribution in [3.63, 3.8) is 0 Å². The van der Waals surface area contributed by atoms with Gasteiger partial charge in [-0.25, -0.2) is 0 Å². The number of carbonyl (C=O) groups is 2. The molecule has 120 valence electrons. The molecule has 0 saturated carbocycles. The molecule has 0 saturated heterocycles. The van der Waals surface area contributed by atoms with E-state index >= 15 is 0 Å². The Morgan fingerprint density at radius 3 is 2.65 bits per heavy atom. The van der Waals surface area contributed by atoms with E-state index in [4.69, 9.17) is 9.47 Å². The van der Waals surface area contributed by atoms with Gasteiger partial charge in [-0.2, -0.15) is 0 Å². The number of hydrogen-bond donors (Lipinski definition) is 1. The number of hydrogen-bond acceptors (Lipinski definition) is 4. The van der Waals surface area contributed by atoms with Crippen molar-refractivity contribution >= 4 is 27.8 Å². The van der Waals surface area contributed by atoms with Crippen LogP contribution < -0.4 is 10.1 Å². The molecule has 0 spiro atoms. The Bertz CT molecular complexity index is 702. The molecule has 0 unspecified atom stereocenters. The van der Waals surface area contributed by atoms with Crippen molar-refractivity contribution in [1.29, 1.82) is 0 Å². The van der Waals surface area contributed by atoms with E-state index in [9.17, 15) is 9.59 Å². The lowest BCUT2D eigenvalue weighted by atomic mass is 10.2. The molecule has 0 aliphatic heterocycles. The maximum absolute atomic E-state index is 12.0. The van der Waals surface area contributed by atoms with Gasteiger partial charge in [-0.3, -0.25) is 9.59 Å². The number of amides is 1. The molecule has 2 rings (SSSR count). The highest BCUT2D eigenvalue weighted by Crippen LogP contribution is 2.16. The van der Waals surface area contributed by atoms with Crippen LogP contribution in [-0.2, 0) is 16.1 Å². The summed E-state index contributed by atoms with van der Waals surface area (Å²) < 4.78 is 11.1. The Hall–Kier alpha value is -2.34. The molecule has 1 N–H and O–H groups in total. The van der Waals surface area contributed by atoms with Crippen LogP contribution in [0.15, 0.2) is 53.0 Å². The molecule has 0 heterocycles. The zero-order valence-electron chi connectivity index (χ0n) is 12.5.